The third-order valence-electron chi connectivity index (χ3n) is 4.47. The highest BCUT2D eigenvalue weighted by molar-refractivity contribution is 5.81. The second kappa shape index (κ2) is 5.49. The molecule has 0 aromatic heterocycles. The average molecular weight is 238 g/mol. The average Bonchev–Trinajstić information content (AvgIpc) is 2.63. The Morgan fingerprint density at radius 3 is 2.65 bits per heavy atom. The lowest BCUT2D eigenvalue weighted by Gasteiger charge is -2.26. The van der Waals surface area contributed by atoms with Gasteiger partial charge in [-0.2, -0.15) is 0 Å². The molecule has 98 valence electrons. The highest BCUT2D eigenvalue weighted by Gasteiger charge is 2.33. The number of hydrogen-bond donors (Lipinski definition) is 0. The summed E-state index contributed by atoms with van der Waals surface area (Å²) in [6.45, 7) is 5.63. The fraction of sp³-hybridized carbons (Fsp3) is 0.929. The van der Waals surface area contributed by atoms with Crippen molar-refractivity contribution in [2.75, 3.05) is 33.7 Å². The van der Waals surface area contributed by atoms with Crippen LogP contribution in [0.1, 0.15) is 32.6 Å². The predicted molar refractivity (Wildman–Crippen MR) is 70.0 cm³/mol. The lowest BCUT2D eigenvalue weighted by molar-refractivity contribution is -0.125. The maximum atomic E-state index is 11.8. The first-order chi connectivity index (χ1) is 8.08. The minimum atomic E-state index is 0.330. The van der Waals surface area contributed by atoms with Gasteiger partial charge >= 0.3 is 0 Å². The van der Waals surface area contributed by atoms with Gasteiger partial charge in [0.2, 0.25) is 0 Å². The molecule has 0 radical (unpaired) electrons. The molecule has 0 bridgehead atoms. The van der Waals surface area contributed by atoms with Crippen LogP contribution in [0, 0.1) is 11.8 Å². The summed E-state index contributed by atoms with van der Waals surface area (Å²) in [5.41, 5.74) is 0. The normalized spacial score (nSPS) is 35.8. The Bertz CT molecular complexity index is 277. The Kier molecular flexibility index (Phi) is 4.21. The van der Waals surface area contributed by atoms with Crippen molar-refractivity contribution in [2.24, 2.45) is 11.8 Å². The molecule has 17 heavy (non-hydrogen) atoms. The highest BCUT2D eigenvalue weighted by atomic mass is 16.1. The number of likely N-dealkylation sites (N-methyl/N-ethyl adjacent to an activating group) is 1. The molecule has 2 fully saturated rings. The quantitative estimate of drug-likeness (QED) is 0.746. The van der Waals surface area contributed by atoms with Crippen LogP contribution in [0.5, 0.6) is 0 Å². The van der Waals surface area contributed by atoms with Crippen LogP contribution < -0.4 is 0 Å². The smallest absolute Gasteiger partial charge is 0.137 e. The van der Waals surface area contributed by atoms with Crippen LogP contribution in [-0.2, 0) is 4.79 Å². The SMILES string of the molecule is CC1CN(CC2CCCCC2=O)CC1N(C)C. The largest absolute Gasteiger partial charge is 0.305 e. The van der Waals surface area contributed by atoms with E-state index in [4.69, 9.17) is 0 Å². The van der Waals surface area contributed by atoms with Crippen molar-refractivity contribution in [1.82, 2.24) is 9.80 Å². The molecule has 1 heterocycles. The maximum absolute atomic E-state index is 11.8. The van der Waals surface area contributed by atoms with E-state index in [-0.39, 0.29) is 0 Å². The lowest BCUT2D eigenvalue weighted by Crippen LogP contribution is -2.37. The third kappa shape index (κ3) is 3.08. The fourth-order valence-corrected chi connectivity index (χ4v) is 3.43. The molecule has 3 unspecified atom stereocenters. The summed E-state index contributed by atoms with van der Waals surface area (Å²) in [6, 6.07) is 0.661. The molecule has 0 spiro atoms. The van der Waals surface area contributed by atoms with Gasteiger partial charge < -0.3 is 9.80 Å². The number of rotatable bonds is 3. The van der Waals surface area contributed by atoms with Gasteiger partial charge in [-0.1, -0.05) is 13.3 Å². The van der Waals surface area contributed by atoms with Gasteiger partial charge in [-0.3, -0.25) is 4.79 Å². The van der Waals surface area contributed by atoms with Gasteiger partial charge in [-0.25, -0.2) is 0 Å². The summed E-state index contributed by atoms with van der Waals surface area (Å²) in [5.74, 6) is 1.57. The molecular formula is C14H26N2O. The Morgan fingerprint density at radius 2 is 2.06 bits per heavy atom. The van der Waals surface area contributed by atoms with E-state index in [1.807, 2.05) is 0 Å². The van der Waals surface area contributed by atoms with E-state index in [0.717, 1.165) is 44.8 Å². The molecule has 0 aromatic carbocycles. The van der Waals surface area contributed by atoms with Crippen LogP contribution in [0.3, 0.4) is 0 Å². The Hall–Kier alpha value is -0.410. The number of likely N-dealkylation sites (tertiary alicyclic amines) is 1. The standard InChI is InChI=1S/C14H26N2O/c1-11-8-16(10-13(11)15(2)3)9-12-6-4-5-7-14(12)17/h11-13H,4-10H2,1-3H3. The topological polar surface area (TPSA) is 23.6 Å². The highest BCUT2D eigenvalue weighted by Crippen LogP contribution is 2.25. The predicted octanol–water partition coefficient (Wildman–Crippen LogP) is 1.63. The zero-order valence-corrected chi connectivity index (χ0v) is 11.5. The monoisotopic (exact) mass is 238 g/mol. The molecule has 2 rings (SSSR count). The second-order valence-electron chi connectivity index (χ2n) is 6.14. The molecule has 3 nitrogen and oxygen atoms in total. The molecular weight excluding hydrogens is 212 g/mol. The first-order valence-electron chi connectivity index (χ1n) is 6.99. The molecule has 0 aromatic rings. The lowest BCUT2D eigenvalue weighted by atomic mass is 9.87. The Labute approximate surface area is 105 Å². The van der Waals surface area contributed by atoms with Crippen molar-refractivity contribution in [3.8, 4) is 0 Å². The molecule has 1 aliphatic carbocycles. The maximum Gasteiger partial charge on any atom is 0.137 e. The molecule has 1 saturated carbocycles. The number of nitrogens with zero attached hydrogens (tertiary/aromatic N) is 2. The summed E-state index contributed by atoms with van der Waals surface area (Å²) < 4.78 is 0. The molecule has 3 heteroatoms. The van der Waals surface area contributed by atoms with Crippen molar-refractivity contribution in [3.63, 3.8) is 0 Å². The number of Topliss-reactive ketones (excluding diaryl/α,β-unsaturated/α-hetero) is 1. The van der Waals surface area contributed by atoms with Crippen molar-refractivity contribution in [1.29, 1.82) is 0 Å². The van der Waals surface area contributed by atoms with Gasteiger partial charge in [0.1, 0.15) is 5.78 Å². The van der Waals surface area contributed by atoms with E-state index in [9.17, 15) is 4.79 Å². The third-order valence-corrected chi connectivity index (χ3v) is 4.47. The minimum Gasteiger partial charge on any atom is -0.305 e. The van der Waals surface area contributed by atoms with E-state index in [1.54, 1.807) is 0 Å². The molecule has 3 atom stereocenters. The number of carbonyl (C=O) groups is 1. The van der Waals surface area contributed by atoms with Gasteiger partial charge in [0, 0.05) is 38.0 Å². The van der Waals surface area contributed by atoms with Crippen molar-refractivity contribution < 1.29 is 4.79 Å². The molecule has 1 saturated heterocycles. The number of hydrogen-bond acceptors (Lipinski definition) is 3. The molecule has 0 N–H and O–H groups in total. The van der Waals surface area contributed by atoms with Gasteiger partial charge in [0.15, 0.2) is 0 Å². The van der Waals surface area contributed by atoms with E-state index in [0.29, 0.717) is 17.7 Å². The molecule has 1 aliphatic heterocycles. The zero-order chi connectivity index (χ0) is 12.4. The van der Waals surface area contributed by atoms with Crippen LogP contribution in [-0.4, -0.2) is 55.4 Å². The van der Waals surface area contributed by atoms with Crippen LogP contribution in [0.15, 0.2) is 0 Å². The number of carbonyl (C=O) groups excluding carboxylic acids is 1. The molecule has 0 amide bonds. The van der Waals surface area contributed by atoms with Gasteiger partial charge in [0.25, 0.3) is 0 Å². The van der Waals surface area contributed by atoms with Crippen LogP contribution in [0.4, 0.5) is 0 Å². The Morgan fingerprint density at radius 1 is 1.29 bits per heavy atom. The number of ketones is 1. The van der Waals surface area contributed by atoms with E-state index in [1.165, 1.54) is 6.42 Å². The second-order valence-corrected chi connectivity index (χ2v) is 6.14. The van der Waals surface area contributed by atoms with Crippen molar-refractivity contribution in [3.05, 3.63) is 0 Å². The summed E-state index contributed by atoms with van der Waals surface area (Å²) in [4.78, 5) is 16.7. The van der Waals surface area contributed by atoms with Crippen LogP contribution in [0.25, 0.3) is 0 Å². The zero-order valence-electron chi connectivity index (χ0n) is 11.5. The van der Waals surface area contributed by atoms with Gasteiger partial charge in [-0.15, -0.1) is 0 Å². The fourth-order valence-electron chi connectivity index (χ4n) is 3.43. The van der Waals surface area contributed by atoms with Crippen molar-refractivity contribution in [2.45, 2.75) is 38.6 Å². The van der Waals surface area contributed by atoms with Crippen LogP contribution in [0.2, 0.25) is 0 Å². The summed E-state index contributed by atoms with van der Waals surface area (Å²) in [7, 11) is 4.33. The summed E-state index contributed by atoms with van der Waals surface area (Å²) in [6.07, 6.45) is 4.31. The van der Waals surface area contributed by atoms with E-state index < -0.39 is 0 Å². The van der Waals surface area contributed by atoms with Crippen LogP contribution >= 0.6 is 0 Å². The summed E-state index contributed by atoms with van der Waals surface area (Å²) in [5, 5.41) is 0. The van der Waals surface area contributed by atoms with Gasteiger partial charge in [0.05, 0.1) is 0 Å². The van der Waals surface area contributed by atoms with Gasteiger partial charge in [-0.05, 0) is 32.9 Å². The first-order valence-corrected chi connectivity index (χ1v) is 6.99. The van der Waals surface area contributed by atoms with Crippen molar-refractivity contribution >= 4 is 5.78 Å². The Balaban J connectivity index is 1.86. The van der Waals surface area contributed by atoms with E-state index >= 15 is 0 Å². The first kappa shape index (κ1) is 13.0. The van der Waals surface area contributed by atoms with E-state index in [2.05, 4.69) is 30.8 Å². The summed E-state index contributed by atoms with van der Waals surface area (Å²) >= 11 is 0. The minimum absolute atomic E-state index is 0.330. The molecule has 2 aliphatic rings.